The Morgan fingerprint density at radius 2 is 0.660 bits per heavy atom. The molecule has 0 heterocycles. The Bertz CT molecular complexity index is 4350. The molecule has 3 aliphatic rings. The fourth-order valence-electron chi connectivity index (χ4n) is 14.5. The van der Waals surface area contributed by atoms with Crippen molar-refractivity contribution in [2.75, 3.05) is 24.7 Å². The molecule has 0 radical (unpaired) electrons. The van der Waals surface area contributed by atoms with E-state index in [1.807, 2.05) is 97.0 Å². The van der Waals surface area contributed by atoms with Crippen LogP contribution in [0.5, 0.6) is 0 Å². The molecule has 94 heavy (non-hydrogen) atoms. The molecule has 0 N–H and O–H groups in total. The zero-order valence-corrected chi connectivity index (χ0v) is 56.2. The highest BCUT2D eigenvalue weighted by molar-refractivity contribution is 7.86. The molecule has 0 aromatic heterocycles. The third kappa shape index (κ3) is 13.0. The predicted octanol–water partition coefficient (Wildman–Crippen LogP) is 21.3. The van der Waals surface area contributed by atoms with Crippen LogP contribution in [0.15, 0.2) is 121 Å². The van der Waals surface area contributed by atoms with E-state index in [1.165, 1.54) is 30.3 Å². The molecule has 6 nitrogen and oxygen atoms in total. The number of halogens is 8. The van der Waals surface area contributed by atoms with Gasteiger partial charge in [-0.1, -0.05) is 214 Å². The minimum absolute atomic E-state index is 0.0607. The molecule has 1 spiro atoms. The van der Waals surface area contributed by atoms with E-state index in [1.54, 1.807) is 36.4 Å². The minimum Gasteiger partial charge on any atom is -0.270 e. The Balaban J connectivity index is 0.932. The third-order valence-corrected chi connectivity index (χ3v) is 21.6. The van der Waals surface area contributed by atoms with E-state index < -0.39 is 99.9 Å². The number of hydrogen-bond donors (Lipinski definition) is 0. The van der Waals surface area contributed by atoms with Crippen molar-refractivity contribution in [2.24, 2.45) is 10.8 Å². The van der Waals surface area contributed by atoms with Gasteiger partial charge in [0.25, 0.3) is 20.2 Å². The molecule has 0 amide bonds. The Labute approximate surface area is 548 Å². The summed E-state index contributed by atoms with van der Waals surface area (Å²) >= 11 is 0. The number of fused-ring (bicyclic) bond motifs is 13. The zero-order valence-electron chi connectivity index (χ0n) is 54.6. The topological polar surface area (TPSA) is 86.7 Å². The fourth-order valence-corrected chi connectivity index (χ4v) is 16.9. The van der Waals surface area contributed by atoms with Crippen LogP contribution in [0.4, 0.5) is 35.1 Å². The molecule has 496 valence electrons. The Morgan fingerprint density at radius 3 is 1.05 bits per heavy atom. The van der Waals surface area contributed by atoms with Crippen LogP contribution in [-0.4, -0.2) is 41.6 Å². The normalized spacial score (nSPS) is 15.3. The van der Waals surface area contributed by atoms with Crippen molar-refractivity contribution >= 4 is 20.2 Å². The largest absolute Gasteiger partial charge is 0.270 e. The molecule has 1 unspecified atom stereocenters. The molecule has 8 aromatic rings. The molecule has 0 aliphatic heterocycles. The highest BCUT2D eigenvalue weighted by atomic mass is 32.2. The van der Waals surface area contributed by atoms with Gasteiger partial charge in [-0.25, -0.2) is 35.1 Å². The first-order valence-corrected chi connectivity index (χ1v) is 35.8. The van der Waals surface area contributed by atoms with Gasteiger partial charge in [0.05, 0.1) is 46.8 Å². The summed E-state index contributed by atoms with van der Waals surface area (Å²) in [4.78, 5) is 0. The molecule has 8 aromatic carbocycles. The van der Waals surface area contributed by atoms with Crippen LogP contribution >= 0.6 is 0 Å². The van der Waals surface area contributed by atoms with Crippen molar-refractivity contribution in [3.63, 3.8) is 0 Å². The Kier molecular flexibility index (Phi) is 19.3. The summed E-state index contributed by atoms with van der Waals surface area (Å²) in [5, 5.41) is 0. The van der Waals surface area contributed by atoms with E-state index >= 15 is 35.1 Å². The van der Waals surface area contributed by atoms with E-state index in [-0.39, 0.29) is 52.2 Å². The molecule has 16 heteroatoms. The molecule has 0 fully saturated rings. The van der Waals surface area contributed by atoms with Gasteiger partial charge in [0, 0.05) is 11.0 Å². The van der Waals surface area contributed by atoms with Gasteiger partial charge in [-0.3, -0.25) is 8.37 Å². The molecule has 11 rings (SSSR count). The van der Waals surface area contributed by atoms with Crippen LogP contribution in [0.2, 0.25) is 0 Å². The maximum atomic E-state index is 17.5. The number of rotatable bonds is 25. The molecular formula is C78H80F8O6S2. The second-order valence-corrected chi connectivity index (χ2v) is 31.9. The van der Waals surface area contributed by atoms with Crippen LogP contribution in [-0.2, 0) is 39.4 Å². The van der Waals surface area contributed by atoms with Gasteiger partial charge in [-0.15, -0.1) is 0 Å². The first kappa shape index (κ1) is 68.4. The van der Waals surface area contributed by atoms with Crippen molar-refractivity contribution in [2.45, 2.75) is 156 Å². The second kappa shape index (κ2) is 26.6. The lowest BCUT2D eigenvalue weighted by atomic mass is 9.70. The molecular weight excluding hydrogens is 1250 g/mol. The maximum absolute atomic E-state index is 17.5. The summed E-state index contributed by atoms with van der Waals surface area (Å²) in [6.45, 7) is 14.6. The highest BCUT2D eigenvalue weighted by Gasteiger charge is 2.52. The van der Waals surface area contributed by atoms with Crippen molar-refractivity contribution in [1.82, 2.24) is 0 Å². The molecule has 3 aliphatic carbocycles. The highest BCUT2D eigenvalue weighted by Crippen LogP contribution is 2.64. The lowest BCUT2D eigenvalue weighted by Crippen LogP contribution is -2.26. The van der Waals surface area contributed by atoms with Gasteiger partial charge in [0.15, 0.2) is 46.5 Å². The summed E-state index contributed by atoms with van der Waals surface area (Å²) in [6.07, 6.45) is 9.90. The van der Waals surface area contributed by atoms with Crippen LogP contribution in [0.3, 0.4) is 0 Å². The summed E-state index contributed by atoms with van der Waals surface area (Å²) < 4.78 is 194. The van der Waals surface area contributed by atoms with Gasteiger partial charge in [-0.05, 0) is 152 Å². The van der Waals surface area contributed by atoms with E-state index in [9.17, 15) is 16.8 Å². The minimum atomic E-state index is -3.67. The van der Waals surface area contributed by atoms with Gasteiger partial charge < -0.3 is 0 Å². The average molecular weight is 1330 g/mol. The van der Waals surface area contributed by atoms with Crippen LogP contribution in [0, 0.1) is 71.2 Å². The van der Waals surface area contributed by atoms with Gasteiger partial charge >= 0.3 is 0 Å². The lowest BCUT2D eigenvalue weighted by molar-refractivity contribution is 0.203. The smallest absolute Gasteiger partial charge is 0.267 e. The maximum Gasteiger partial charge on any atom is 0.267 e. The monoisotopic (exact) mass is 1330 g/mol. The lowest BCUT2D eigenvalue weighted by Gasteiger charge is -2.33. The molecule has 0 saturated carbocycles. The SMILES string of the molecule is Cc1ccc2c(c1)C(CCCCCCCCS(=O)(=O)OCC(C)(C)C)(CCCCCCCCS(=O)(=O)OCC(C)(C)C)c1cc(-c3c(F)c(F)c(-c4ccc5c(c4)C4(c6ccccc6-c6ccc(-c7c(F)c(F)c(C)c(F)c7F)cc64)c4ccccc4-5)c(F)c3F)ccc1-2. The van der Waals surface area contributed by atoms with Gasteiger partial charge in [0.1, 0.15) is 0 Å². The summed E-state index contributed by atoms with van der Waals surface area (Å²) in [5.41, 5.74) is 2.81. The fraction of sp³-hybridized carbons (Fsp3) is 0.385. The average Bonchev–Trinajstić information content (AvgIpc) is 1.51. The van der Waals surface area contributed by atoms with Crippen LogP contribution < -0.4 is 0 Å². The number of aryl methyl sites for hydroxylation is 1. The third-order valence-electron chi connectivity index (χ3n) is 19.1. The zero-order chi connectivity index (χ0) is 67.5. The standard InChI is InChI=1S/C78H80F8O6S2/c1-47-29-33-54-55-34-30-49(42-61(55)77(60(54)41-47,37-21-13-9-11-15-23-39-93(87,88)91-45-75(3,4)5)38-22-14-10-12-16-24-40-94(89,90)92-46-76(6,7)8)65-71(83)73(85)66(74(86)72(65)84)51-32-36-57-53-26-18-20-28-59(53)78(63(57)44-51)58-27-19-17-25-52(58)56-35-31-50(43-62(56)78)64-69(81)67(79)48(2)68(80)70(64)82/h17-20,25-36,41-44H,9-16,21-24,37-40,45-46H2,1-8H3. The van der Waals surface area contributed by atoms with Crippen LogP contribution in [0.25, 0.3) is 66.8 Å². The summed E-state index contributed by atoms with van der Waals surface area (Å²) in [5.74, 6) is -12.8. The molecule has 1 atom stereocenters. The van der Waals surface area contributed by atoms with Crippen molar-refractivity contribution < 1.29 is 60.3 Å². The van der Waals surface area contributed by atoms with E-state index in [4.69, 9.17) is 8.37 Å². The second-order valence-electron chi connectivity index (χ2n) is 28.4. The van der Waals surface area contributed by atoms with Crippen molar-refractivity contribution in [1.29, 1.82) is 0 Å². The number of hydrogen-bond acceptors (Lipinski definition) is 6. The first-order valence-electron chi connectivity index (χ1n) is 32.7. The van der Waals surface area contributed by atoms with Gasteiger partial charge in [0.2, 0.25) is 0 Å². The Hall–Kier alpha value is -6.98. The quantitative estimate of drug-likeness (QED) is 0.0245. The van der Waals surface area contributed by atoms with Crippen LogP contribution in [0.1, 0.15) is 176 Å². The first-order chi connectivity index (χ1) is 44.5. The van der Waals surface area contributed by atoms with Crippen molar-refractivity contribution in [3.8, 4) is 66.8 Å². The Morgan fingerprint density at radius 1 is 0.351 bits per heavy atom. The molecule has 0 saturated heterocycles. The van der Waals surface area contributed by atoms with E-state index in [0.717, 1.165) is 86.1 Å². The van der Waals surface area contributed by atoms with E-state index in [2.05, 4.69) is 6.07 Å². The van der Waals surface area contributed by atoms with Gasteiger partial charge in [-0.2, -0.15) is 16.8 Å². The predicted molar refractivity (Wildman–Crippen MR) is 357 cm³/mol. The molecule has 0 bridgehead atoms. The van der Waals surface area contributed by atoms with E-state index in [0.29, 0.717) is 83.0 Å². The van der Waals surface area contributed by atoms with Crippen molar-refractivity contribution in [3.05, 3.63) is 212 Å². The summed E-state index contributed by atoms with van der Waals surface area (Å²) in [6, 6.07) is 34.8. The number of unbranched alkanes of at least 4 members (excludes halogenated alkanes) is 10. The number of benzene rings is 8. The summed E-state index contributed by atoms with van der Waals surface area (Å²) in [7, 11) is -7.33.